The van der Waals surface area contributed by atoms with E-state index in [1.165, 1.54) is 0 Å². The molecule has 0 aliphatic carbocycles. The minimum Gasteiger partial charge on any atom is -0.355 e. The number of rotatable bonds is 0. The molecule has 0 unspecified atom stereocenters. The number of aryl methyl sites for hydroxylation is 4. The van der Waals surface area contributed by atoms with E-state index in [2.05, 4.69) is 29.9 Å². The Balaban J connectivity index is 0.000000141. The first-order valence-electron chi connectivity index (χ1n) is 7.39. The summed E-state index contributed by atoms with van der Waals surface area (Å²) in [5.74, 6) is 1.35. The van der Waals surface area contributed by atoms with Crippen molar-refractivity contribution in [1.29, 1.82) is 0 Å². The standard InChI is InChI=1S/C8H8ClN3.C8H9N3O/c1-4-3-6-7(10-4)8(9)12-5(2)11-6;1-4-3-6-7(9-4)8(12)11-5(2)10-6/h3,10H,1-2H3;3,9H,1-2H3,(H,10,11,12). The van der Waals surface area contributed by atoms with Gasteiger partial charge < -0.3 is 15.0 Å². The van der Waals surface area contributed by atoms with Gasteiger partial charge in [-0.25, -0.2) is 15.0 Å². The molecule has 0 aliphatic heterocycles. The van der Waals surface area contributed by atoms with E-state index >= 15 is 0 Å². The third-order valence-electron chi connectivity index (χ3n) is 3.42. The zero-order valence-electron chi connectivity index (χ0n) is 13.8. The lowest BCUT2D eigenvalue weighted by Gasteiger charge is -1.94. The second-order valence-corrected chi connectivity index (χ2v) is 6.00. The van der Waals surface area contributed by atoms with Gasteiger partial charge in [-0.2, -0.15) is 0 Å². The Kier molecular flexibility index (Phi) is 4.11. The summed E-state index contributed by atoms with van der Waals surface area (Å²) in [6.45, 7) is 7.46. The van der Waals surface area contributed by atoms with Crippen LogP contribution < -0.4 is 5.56 Å². The van der Waals surface area contributed by atoms with Gasteiger partial charge >= 0.3 is 0 Å². The van der Waals surface area contributed by atoms with Crippen LogP contribution in [0, 0.1) is 27.7 Å². The SMILES string of the molecule is Cc1cc2nc(C)[nH]c(=O)c2[nH]1.Cc1nc(Cl)c2[nH]c(C)cc2n1. The molecule has 0 aromatic carbocycles. The molecule has 0 bridgehead atoms. The number of nitrogens with one attached hydrogen (secondary N) is 3. The molecule has 0 saturated heterocycles. The first-order valence-corrected chi connectivity index (χ1v) is 7.77. The lowest BCUT2D eigenvalue weighted by Crippen LogP contribution is -2.08. The molecule has 4 aromatic heterocycles. The maximum atomic E-state index is 11.3. The largest absolute Gasteiger partial charge is 0.355 e. The second-order valence-electron chi connectivity index (χ2n) is 5.64. The minimum atomic E-state index is -0.106. The van der Waals surface area contributed by atoms with Crippen LogP contribution in [0.4, 0.5) is 0 Å². The molecule has 4 heterocycles. The molecule has 3 N–H and O–H groups in total. The summed E-state index contributed by atoms with van der Waals surface area (Å²) in [5.41, 5.74) is 4.88. The Hall–Kier alpha value is -2.67. The van der Waals surface area contributed by atoms with Crippen molar-refractivity contribution in [3.63, 3.8) is 0 Å². The maximum Gasteiger partial charge on any atom is 0.275 e. The minimum absolute atomic E-state index is 0.106. The lowest BCUT2D eigenvalue weighted by molar-refractivity contribution is 1.05. The Labute approximate surface area is 142 Å². The van der Waals surface area contributed by atoms with Gasteiger partial charge in [0, 0.05) is 11.4 Å². The van der Waals surface area contributed by atoms with Crippen molar-refractivity contribution >= 4 is 33.7 Å². The molecule has 7 nitrogen and oxygen atoms in total. The number of nitrogens with zero attached hydrogens (tertiary/aromatic N) is 3. The number of aromatic amines is 3. The highest BCUT2D eigenvalue weighted by atomic mass is 35.5. The van der Waals surface area contributed by atoms with Crippen molar-refractivity contribution in [1.82, 2.24) is 29.9 Å². The van der Waals surface area contributed by atoms with Crippen LogP contribution in [0.1, 0.15) is 23.0 Å². The monoisotopic (exact) mass is 344 g/mol. The van der Waals surface area contributed by atoms with Crippen LogP contribution in [0.5, 0.6) is 0 Å². The fourth-order valence-electron chi connectivity index (χ4n) is 2.49. The van der Waals surface area contributed by atoms with Crippen molar-refractivity contribution in [3.05, 3.63) is 50.7 Å². The first kappa shape index (κ1) is 16.2. The second kappa shape index (κ2) is 6.09. The van der Waals surface area contributed by atoms with Gasteiger partial charge in [-0.15, -0.1) is 0 Å². The highest BCUT2D eigenvalue weighted by molar-refractivity contribution is 6.33. The van der Waals surface area contributed by atoms with Crippen molar-refractivity contribution in [2.24, 2.45) is 0 Å². The van der Waals surface area contributed by atoms with E-state index in [0.29, 0.717) is 22.3 Å². The molecule has 0 fully saturated rings. The van der Waals surface area contributed by atoms with Gasteiger partial charge in [0.1, 0.15) is 22.7 Å². The fourth-order valence-corrected chi connectivity index (χ4v) is 2.75. The van der Waals surface area contributed by atoms with E-state index in [1.54, 1.807) is 6.92 Å². The molecule has 0 aliphatic rings. The Bertz CT molecular complexity index is 1090. The van der Waals surface area contributed by atoms with E-state index in [-0.39, 0.29) is 5.56 Å². The van der Waals surface area contributed by atoms with Crippen molar-refractivity contribution in [3.8, 4) is 0 Å². The van der Waals surface area contributed by atoms with Gasteiger partial charge in [-0.05, 0) is 39.8 Å². The smallest absolute Gasteiger partial charge is 0.275 e. The average molecular weight is 345 g/mol. The maximum absolute atomic E-state index is 11.3. The van der Waals surface area contributed by atoms with Crippen molar-refractivity contribution < 1.29 is 0 Å². The molecular formula is C16H17ClN6O. The van der Waals surface area contributed by atoms with Crippen LogP contribution in [0.15, 0.2) is 16.9 Å². The molecule has 0 saturated carbocycles. The Morgan fingerprint density at radius 1 is 0.833 bits per heavy atom. The number of aromatic nitrogens is 6. The number of hydrogen-bond donors (Lipinski definition) is 3. The van der Waals surface area contributed by atoms with Crippen LogP contribution in [-0.4, -0.2) is 29.9 Å². The normalized spacial score (nSPS) is 10.9. The van der Waals surface area contributed by atoms with Crippen LogP contribution in [0.3, 0.4) is 0 Å². The molecule has 0 amide bonds. The highest BCUT2D eigenvalue weighted by Crippen LogP contribution is 2.19. The van der Waals surface area contributed by atoms with Crippen LogP contribution >= 0.6 is 11.6 Å². The summed E-state index contributed by atoms with van der Waals surface area (Å²) in [5, 5.41) is 0.491. The topological polar surface area (TPSA) is 103 Å². The van der Waals surface area contributed by atoms with Crippen LogP contribution in [-0.2, 0) is 0 Å². The Morgan fingerprint density at radius 3 is 2.08 bits per heavy atom. The van der Waals surface area contributed by atoms with Crippen LogP contribution in [0.2, 0.25) is 5.15 Å². The summed E-state index contributed by atoms with van der Waals surface area (Å²) in [7, 11) is 0. The van der Waals surface area contributed by atoms with E-state index < -0.39 is 0 Å². The molecule has 0 atom stereocenters. The quantitative estimate of drug-likeness (QED) is 0.426. The summed E-state index contributed by atoms with van der Waals surface area (Å²) in [6.07, 6.45) is 0. The molecule has 24 heavy (non-hydrogen) atoms. The molecule has 124 valence electrons. The molecule has 8 heteroatoms. The molecule has 0 radical (unpaired) electrons. The molecule has 4 aromatic rings. The third kappa shape index (κ3) is 3.16. The number of fused-ring (bicyclic) bond motifs is 2. The summed E-state index contributed by atoms with van der Waals surface area (Å²) < 4.78 is 0. The van der Waals surface area contributed by atoms with Gasteiger partial charge in [-0.1, -0.05) is 11.6 Å². The van der Waals surface area contributed by atoms with E-state index in [9.17, 15) is 4.79 Å². The zero-order valence-corrected chi connectivity index (χ0v) is 14.5. The Morgan fingerprint density at radius 2 is 1.42 bits per heavy atom. The lowest BCUT2D eigenvalue weighted by atomic mass is 10.4. The van der Waals surface area contributed by atoms with E-state index in [0.717, 1.165) is 27.9 Å². The number of H-pyrrole nitrogens is 3. The summed E-state index contributed by atoms with van der Waals surface area (Å²) >= 11 is 5.89. The third-order valence-corrected chi connectivity index (χ3v) is 3.69. The van der Waals surface area contributed by atoms with Crippen molar-refractivity contribution in [2.75, 3.05) is 0 Å². The molecule has 4 rings (SSSR count). The summed E-state index contributed by atoms with van der Waals surface area (Å²) in [4.78, 5) is 32.4. The zero-order chi connectivity index (χ0) is 17.4. The van der Waals surface area contributed by atoms with Crippen molar-refractivity contribution in [2.45, 2.75) is 27.7 Å². The summed E-state index contributed by atoms with van der Waals surface area (Å²) in [6, 6.07) is 3.81. The number of hydrogen-bond acceptors (Lipinski definition) is 4. The van der Waals surface area contributed by atoms with E-state index in [1.807, 2.05) is 32.9 Å². The van der Waals surface area contributed by atoms with Gasteiger partial charge in [0.15, 0.2) is 5.15 Å². The number of halogens is 1. The van der Waals surface area contributed by atoms with Crippen LogP contribution in [0.25, 0.3) is 22.1 Å². The van der Waals surface area contributed by atoms with Gasteiger partial charge in [0.25, 0.3) is 5.56 Å². The van der Waals surface area contributed by atoms with Gasteiger partial charge in [-0.3, -0.25) is 4.79 Å². The first-order chi connectivity index (χ1) is 11.3. The molecule has 0 spiro atoms. The average Bonchev–Trinajstić information content (AvgIpc) is 3.01. The van der Waals surface area contributed by atoms with Gasteiger partial charge in [0.05, 0.1) is 11.0 Å². The molecular weight excluding hydrogens is 328 g/mol. The highest BCUT2D eigenvalue weighted by Gasteiger charge is 2.05. The van der Waals surface area contributed by atoms with E-state index in [4.69, 9.17) is 11.6 Å². The van der Waals surface area contributed by atoms with Gasteiger partial charge in [0.2, 0.25) is 0 Å². The predicted molar refractivity (Wildman–Crippen MR) is 94.6 cm³/mol. The predicted octanol–water partition coefficient (Wildman–Crippen LogP) is 3.10. The fraction of sp³-hybridized carbons (Fsp3) is 0.250.